The molecule has 0 saturated heterocycles. The predicted molar refractivity (Wildman–Crippen MR) is 125 cm³/mol. The Kier molecular flexibility index (Phi) is 9.59. The second-order valence-corrected chi connectivity index (χ2v) is 7.99. The van der Waals surface area contributed by atoms with Crippen LogP contribution in [0.5, 0.6) is 0 Å². The molecule has 0 fully saturated rings. The SMILES string of the molecule is CCNC(=NCCc1ccc(NC(=O)OC(C)(C)C)cc1)NCCNC(=O)c1ccco1. The number of carbonyl (C=O) groups excluding carboxylic acids is 2. The number of aliphatic imine (C=N–C) groups is 1. The molecule has 1 heterocycles. The Morgan fingerprint density at radius 1 is 1.03 bits per heavy atom. The topological polar surface area (TPSA) is 117 Å². The third-order valence-corrected chi connectivity index (χ3v) is 4.06. The first-order chi connectivity index (χ1) is 15.3. The lowest BCUT2D eigenvalue weighted by molar-refractivity contribution is 0.0635. The van der Waals surface area contributed by atoms with Crippen molar-refractivity contribution in [2.24, 2.45) is 4.99 Å². The molecular formula is C23H33N5O4. The summed E-state index contributed by atoms with van der Waals surface area (Å²) < 4.78 is 10.3. The van der Waals surface area contributed by atoms with Crippen molar-refractivity contribution in [3.05, 3.63) is 54.0 Å². The van der Waals surface area contributed by atoms with E-state index in [1.165, 1.54) is 6.26 Å². The molecule has 1 aromatic heterocycles. The molecule has 0 saturated carbocycles. The number of hydrogen-bond acceptors (Lipinski definition) is 5. The van der Waals surface area contributed by atoms with Gasteiger partial charge in [-0.1, -0.05) is 12.1 Å². The van der Waals surface area contributed by atoms with Gasteiger partial charge in [0.15, 0.2) is 11.7 Å². The maximum Gasteiger partial charge on any atom is 0.412 e. The summed E-state index contributed by atoms with van der Waals surface area (Å²) >= 11 is 0. The maximum absolute atomic E-state index is 11.8. The minimum atomic E-state index is -0.536. The quantitative estimate of drug-likeness (QED) is 0.269. The molecule has 0 radical (unpaired) electrons. The van der Waals surface area contributed by atoms with E-state index >= 15 is 0 Å². The van der Waals surface area contributed by atoms with Gasteiger partial charge >= 0.3 is 6.09 Å². The normalized spacial score (nSPS) is 11.6. The van der Waals surface area contributed by atoms with E-state index in [-0.39, 0.29) is 11.7 Å². The molecule has 174 valence electrons. The van der Waals surface area contributed by atoms with Gasteiger partial charge in [-0.05, 0) is 63.9 Å². The van der Waals surface area contributed by atoms with Crippen LogP contribution < -0.4 is 21.3 Å². The fraction of sp³-hybridized carbons (Fsp3) is 0.435. The molecule has 32 heavy (non-hydrogen) atoms. The van der Waals surface area contributed by atoms with Gasteiger partial charge in [0.1, 0.15) is 5.60 Å². The van der Waals surface area contributed by atoms with E-state index in [9.17, 15) is 9.59 Å². The van der Waals surface area contributed by atoms with E-state index in [0.717, 1.165) is 18.5 Å². The molecule has 9 heteroatoms. The zero-order chi connectivity index (χ0) is 23.4. The van der Waals surface area contributed by atoms with Crippen LogP contribution in [0.15, 0.2) is 52.1 Å². The molecule has 0 aliphatic heterocycles. The summed E-state index contributed by atoms with van der Waals surface area (Å²) in [5.41, 5.74) is 1.24. The first-order valence-corrected chi connectivity index (χ1v) is 10.7. The second kappa shape index (κ2) is 12.4. The van der Waals surface area contributed by atoms with Crippen LogP contribution in [0.3, 0.4) is 0 Å². The summed E-state index contributed by atoms with van der Waals surface area (Å²) in [6.07, 6.45) is 1.74. The van der Waals surface area contributed by atoms with E-state index in [0.29, 0.717) is 31.3 Å². The Balaban J connectivity index is 1.74. The van der Waals surface area contributed by atoms with E-state index in [1.807, 2.05) is 52.0 Å². The largest absolute Gasteiger partial charge is 0.459 e. The van der Waals surface area contributed by atoms with Gasteiger partial charge < -0.3 is 25.1 Å². The minimum absolute atomic E-state index is 0.247. The average molecular weight is 444 g/mol. The first kappa shape index (κ1) is 24.8. The molecular weight excluding hydrogens is 410 g/mol. The monoisotopic (exact) mass is 443 g/mol. The molecule has 0 unspecified atom stereocenters. The molecule has 0 atom stereocenters. The summed E-state index contributed by atoms with van der Waals surface area (Å²) in [7, 11) is 0. The molecule has 1 aromatic carbocycles. The fourth-order valence-corrected chi connectivity index (χ4v) is 2.67. The van der Waals surface area contributed by atoms with Crippen LogP contribution in [0, 0.1) is 0 Å². The van der Waals surface area contributed by atoms with E-state index in [2.05, 4.69) is 26.3 Å². The zero-order valence-corrected chi connectivity index (χ0v) is 19.2. The maximum atomic E-state index is 11.8. The first-order valence-electron chi connectivity index (χ1n) is 10.7. The minimum Gasteiger partial charge on any atom is -0.459 e. The standard InChI is InChI=1S/C23H33N5O4/c1-5-24-21(27-15-14-25-20(29)19-7-6-16-31-19)26-13-12-17-8-10-18(11-9-17)28-22(30)32-23(2,3)4/h6-11,16H,5,12-15H2,1-4H3,(H,25,29)(H,28,30)(H2,24,26,27). The van der Waals surface area contributed by atoms with Gasteiger partial charge in [-0.2, -0.15) is 0 Å². The number of amides is 2. The van der Waals surface area contributed by atoms with Crippen LogP contribution >= 0.6 is 0 Å². The fourth-order valence-electron chi connectivity index (χ4n) is 2.67. The molecule has 0 bridgehead atoms. The Labute approximate surface area is 189 Å². The van der Waals surface area contributed by atoms with Crippen molar-refractivity contribution in [3.8, 4) is 0 Å². The van der Waals surface area contributed by atoms with Gasteiger partial charge in [-0.15, -0.1) is 0 Å². The number of anilines is 1. The van der Waals surface area contributed by atoms with Crippen molar-refractivity contribution in [1.29, 1.82) is 0 Å². The summed E-state index contributed by atoms with van der Waals surface area (Å²) in [5.74, 6) is 0.726. The van der Waals surface area contributed by atoms with Crippen molar-refractivity contribution in [2.45, 2.75) is 39.7 Å². The summed E-state index contributed by atoms with van der Waals surface area (Å²) in [6, 6.07) is 10.9. The molecule has 2 rings (SSSR count). The van der Waals surface area contributed by atoms with Crippen LogP contribution in [0.2, 0.25) is 0 Å². The predicted octanol–water partition coefficient (Wildman–Crippen LogP) is 3.15. The molecule has 2 amide bonds. The number of ether oxygens (including phenoxy) is 1. The highest BCUT2D eigenvalue weighted by atomic mass is 16.6. The number of nitrogens with one attached hydrogen (secondary N) is 4. The van der Waals surface area contributed by atoms with Crippen molar-refractivity contribution in [3.63, 3.8) is 0 Å². The highest BCUT2D eigenvalue weighted by Crippen LogP contribution is 2.13. The van der Waals surface area contributed by atoms with Crippen LogP contribution in [-0.4, -0.2) is 49.7 Å². The molecule has 2 aromatic rings. The van der Waals surface area contributed by atoms with Crippen molar-refractivity contribution < 1.29 is 18.7 Å². The summed E-state index contributed by atoms with van der Waals surface area (Å²) in [6.45, 7) is 9.76. The van der Waals surface area contributed by atoms with Crippen LogP contribution in [0.1, 0.15) is 43.8 Å². The molecule has 0 spiro atoms. The van der Waals surface area contributed by atoms with Crippen LogP contribution in [-0.2, 0) is 11.2 Å². The Bertz CT molecular complexity index is 871. The lowest BCUT2D eigenvalue weighted by Crippen LogP contribution is -2.41. The van der Waals surface area contributed by atoms with Crippen molar-refractivity contribution in [2.75, 3.05) is 31.5 Å². The second-order valence-electron chi connectivity index (χ2n) is 7.99. The summed E-state index contributed by atoms with van der Waals surface area (Å²) in [4.78, 5) is 28.2. The number of furan rings is 1. The average Bonchev–Trinajstić information content (AvgIpc) is 3.26. The molecule has 4 N–H and O–H groups in total. The van der Waals surface area contributed by atoms with Gasteiger partial charge in [0.25, 0.3) is 5.91 Å². The lowest BCUT2D eigenvalue weighted by atomic mass is 10.1. The third kappa shape index (κ3) is 9.55. The molecule has 9 nitrogen and oxygen atoms in total. The van der Waals surface area contributed by atoms with Crippen LogP contribution in [0.25, 0.3) is 0 Å². The third-order valence-electron chi connectivity index (χ3n) is 4.06. The van der Waals surface area contributed by atoms with Gasteiger partial charge in [-0.3, -0.25) is 15.1 Å². The smallest absolute Gasteiger partial charge is 0.412 e. The Morgan fingerprint density at radius 3 is 2.38 bits per heavy atom. The highest BCUT2D eigenvalue weighted by molar-refractivity contribution is 5.91. The molecule has 0 aliphatic carbocycles. The van der Waals surface area contributed by atoms with Gasteiger partial charge in [-0.25, -0.2) is 4.79 Å². The lowest BCUT2D eigenvalue weighted by Gasteiger charge is -2.19. The Morgan fingerprint density at radius 2 is 1.75 bits per heavy atom. The number of hydrogen-bond donors (Lipinski definition) is 4. The van der Waals surface area contributed by atoms with Crippen LogP contribution in [0.4, 0.5) is 10.5 Å². The van der Waals surface area contributed by atoms with Gasteiger partial charge in [0.05, 0.1) is 6.26 Å². The highest BCUT2D eigenvalue weighted by Gasteiger charge is 2.16. The van der Waals surface area contributed by atoms with E-state index in [4.69, 9.17) is 9.15 Å². The van der Waals surface area contributed by atoms with Gasteiger partial charge in [0, 0.05) is 31.9 Å². The number of carbonyl (C=O) groups is 2. The Hall–Kier alpha value is -3.49. The van der Waals surface area contributed by atoms with E-state index in [1.54, 1.807) is 12.1 Å². The van der Waals surface area contributed by atoms with E-state index < -0.39 is 11.7 Å². The number of rotatable bonds is 9. The van der Waals surface area contributed by atoms with Crippen molar-refractivity contribution >= 4 is 23.6 Å². The molecule has 0 aliphatic rings. The van der Waals surface area contributed by atoms with Gasteiger partial charge in [0.2, 0.25) is 0 Å². The number of nitrogens with zero attached hydrogens (tertiary/aromatic N) is 1. The number of benzene rings is 1. The van der Waals surface area contributed by atoms with Crippen molar-refractivity contribution in [1.82, 2.24) is 16.0 Å². The summed E-state index contributed by atoms with van der Waals surface area (Å²) in [5, 5.41) is 11.9. The zero-order valence-electron chi connectivity index (χ0n) is 19.2. The number of guanidine groups is 1.